The van der Waals surface area contributed by atoms with Crippen LogP contribution in [0.2, 0.25) is 0 Å². The summed E-state index contributed by atoms with van der Waals surface area (Å²) in [6, 6.07) is 22.2. The van der Waals surface area contributed by atoms with Crippen molar-refractivity contribution in [2.45, 2.75) is 13.1 Å². The maximum Gasteiger partial charge on any atom is 0.254 e. The lowest BCUT2D eigenvalue weighted by Crippen LogP contribution is -2.30. The first-order valence-corrected chi connectivity index (χ1v) is 11.1. The minimum absolute atomic E-state index is 0.149. The molecule has 5 rings (SSSR count). The van der Waals surface area contributed by atoms with Crippen LogP contribution in [0.3, 0.4) is 0 Å². The van der Waals surface area contributed by atoms with Crippen LogP contribution in [0.4, 0.5) is 0 Å². The van der Waals surface area contributed by atoms with E-state index in [0.717, 1.165) is 5.56 Å². The summed E-state index contributed by atoms with van der Waals surface area (Å²) in [6.45, 7) is 0.799. The molecule has 8 nitrogen and oxygen atoms in total. The molecule has 35 heavy (non-hydrogen) atoms. The zero-order chi connectivity index (χ0) is 24.2. The first-order valence-electron chi connectivity index (χ1n) is 11.1. The Morgan fingerprint density at radius 1 is 0.914 bits per heavy atom. The van der Waals surface area contributed by atoms with Crippen LogP contribution in [0.25, 0.3) is 11.3 Å². The lowest BCUT2D eigenvalue weighted by molar-refractivity contribution is 0.0726. The third-order valence-electron chi connectivity index (χ3n) is 5.71. The number of hydrogen-bond acceptors (Lipinski definition) is 7. The van der Waals surface area contributed by atoms with Crippen LogP contribution in [-0.2, 0) is 13.1 Å². The molecule has 0 atom stereocenters. The third kappa shape index (κ3) is 4.77. The van der Waals surface area contributed by atoms with E-state index in [1.54, 1.807) is 43.4 Å². The Morgan fingerprint density at radius 3 is 2.54 bits per heavy atom. The first kappa shape index (κ1) is 22.3. The van der Waals surface area contributed by atoms with E-state index in [4.69, 9.17) is 23.5 Å². The van der Waals surface area contributed by atoms with E-state index < -0.39 is 0 Å². The summed E-state index contributed by atoms with van der Waals surface area (Å²) >= 11 is 0. The number of benzene rings is 3. The maximum absolute atomic E-state index is 13.5. The first-order chi connectivity index (χ1) is 17.1. The fourth-order valence-electron chi connectivity index (χ4n) is 3.93. The lowest BCUT2D eigenvalue weighted by Gasteiger charge is -2.22. The second-order valence-corrected chi connectivity index (χ2v) is 7.96. The molecule has 1 aliphatic rings. The molecule has 178 valence electrons. The van der Waals surface area contributed by atoms with Gasteiger partial charge in [0.25, 0.3) is 5.91 Å². The van der Waals surface area contributed by atoms with E-state index in [0.29, 0.717) is 52.1 Å². The summed E-state index contributed by atoms with van der Waals surface area (Å²) in [5, 5.41) is 4.23. The molecule has 0 N–H and O–H groups in total. The highest BCUT2D eigenvalue weighted by Gasteiger charge is 2.23. The van der Waals surface area contributed by atoms with E-state index in [9.17, 15) is 4.79 Å². The van der Waals surface area contributed by atoms with Gasteiger partial charge in [0.15, 0.2) is 17.3 Å². The molecule has 2 heterocycles. The smallest absolute Gasteiger partial charge is 0.254 e. The zero-order valence-corrected chi connectivity index (χ0v) is 19.4. The number of rotatable bonds is 8. The van der Waals surface area contributed by atoms with Gasteiger partial charge in [-0.25, -0.2) is 0 Å². The molecule has 1 amide bonds. The number of ether oxygens (including phenoxy) is 4. The Kier molecular flexibility index (Phi) is 6.26. The highest BCUT2D eigenvalue weighted by atomic mass is 16.7. The number of nitrogens with zero attached hydrogens (tertiary/aromatic N) is 2. The number of fused-ring (bicyclic) bond motifs is 1. The minimum Gasteiger partial charge on any atom is -0.497 e. The van der Waals surface area contributed by atoms with Gasteiger partial charge in [0.1, 0.15) is 17.2 Å². The van der Waals surface area contributed by atoms with Gasteiger partial charge >= 0.3 is 0 Å². The zero-order valence-electron chi connectivity index (χ0n) is 19.4. The lowest BCUT2D eigenvalue weighted by atomic mass is 10.1. The molecule has 0 bridgehead atoms. The highest BCUT2D eigenvalue weighted by Crippen LogP contribution is 2.35. The third-order valence-corrected chi connectivity index (χ3v) is 5.71. The van der Waals surface area contributed by atoms with Crippen molar-refractivity contribution in [3.63, 3.8) is 0 Å². The van der Waals surface area contributed by atoms with Crippen LogP contribution in [0.15, 0.2) is 77.3 Å². The summed E-state index contributed by atoms with van der Waals surface area (Å²) in [4.78, 5) is 15.3. The van der Waals surface area contributed by atoms with E-state index in [2.05, 4.69) is 5.16 Å². The van der Waals surface area contributed by atoms with Crippen LogP contribution >= 0.6 is 0 Å². The number of hydrogen-bond donors (Lipinski definition) is 0. The average Bonchev–Trinajstić information content (AvgIpc) is 3.57. The predicted octanol–water partition coefficient (Wildman–Crippen LogP) is 4.93. The molecule has 0 fully saturated rings. The van der Waals surface area contributed by atoms with Crippen molar-refractivity contribution in [3.05, 3.63) is 89.6 Å². The second-order valence-electron chi connectivity index (χ2n) is 7.96. The topological polar surface area (TPSA) is 83.3 Å². The van der Waals surface area contributed by atoms with Crippen LogP contribution in [0, 0.1) is 0 Å². The molecule has 0 spiro atoms. The van der Waals surface area contributed by atoms with Crippen molar-refractivity contribution < 1.29 is 28.3 Å². The quantitative estimate of drug-likeness (QED) is 0.360. The number of carbonyl (C=O) groups excluding carboxylic acids is 1. The highest BCUT2D eigenvalue weighted by molar-refractivity contribution is 5.95. The van der Waals surface area contributed by atoms with Crippen molar-refractivity contribution >= 4 is 5.91 Å². The molecule has 0 radical (unpaired) electrons. The molecule has 0 unspecified atom stereocenters. The molecule has 8 heteroatoms. The van der Waals surface area contributed by atoms with Crippen LogP contribution in [0.1, 0.15) is 21.6 Å². The second kappa shape index (κ2) is 9.80. The van der Waals surface area contributed by atoms with Crippen LogP contribution in [-0.4, -0.2) is 37.0 Å². The minimum atomic E-state index is -0.157. The van der Waals surface area contributed by atoms with E-state index in [-0.39, 0.29) is 19.2 Å². The average molecular weight is 472 g/mol. The van der Waals surface area contributed by atoms with E-state index in [1.807, 2.05) is 48.5 Å². The van der Waals surface area contributed by atoms with Gasteiger partial charge in [-0.05, 0) is 42.0 Å². The van der Waals surface area contributed by atoms with Crippen LogP contribution < -0.4 is 18.9 Å². The van der Waals surface area contributed by atoms with Gasteiger partial charge in [-0.1, -0.05) is 35.5 Å². The van der Waals surface area contributed by atoms with Gasteiger partial charge in [0.05, 0.1) is 26.3 Å². The summed E-state index contributed by atoms with van der Waals surface area (Å²) in [5.41, 5.74) is 2.82. The fraction of sp³-hybridized carbons (Fsp3) is 0.185. The number of aromatic nitrogens is 1. The summed E-state index contributed by atoms with van der Waals surface area (Å²) < 4.78 is 27.3. The van der Waals surface area contributed by atoms with Crippen molar-refractivity contribution in [2.24, 2.45) is 0 Å². The molecule has 0 aliphatic carbocycles. The van der Waals surface area contributed by atoms with Gasteiger partial charge in [-0.15, -0.1) is 0 Å². The predicted molar refractivity (Wildman–Crippen MR) is 128 cm³/mol. The standard InChI is InChI=1S/C27H24N2O6/c1-31-21-9-11-23(32-2)22(14-21)25-13-20(28-35-25)16-29(15-18-6-4-3-5-7-18)27(30)19-8-10-24-26(12-19)34-17-33-24/h3-14H,15-17H2,1-2H3. The van der Waals surface area contributed by atoms with Gasteiger partial charge in [0.2, 0.25) is 6.79 Å². The summed E-state index contributed by atoms with van der Waals surface area (Å²) in [7, 11) is 3.19. The number of methoxy groups -OCH3 is 2. The molecule has 4 aromatic rings. The van der Waals surface area contributed by atoms with Gasteiger partial charge in [-0.3, -0.25) is 4.79 Å². The van der Waals surface area contributed by atoms with Crippen LogP contribution in [0.5, 0.6) is 23.0 Å². The molecular formula is C27H24N2O6. The molecule has 0 saturated carbocycles. The molecule has 1 aliphatic heterocycles. The Hall–Kier alpha value is -4.46. The Morgan fingerprint density at radius 2 is 1.74 bits per heavy atom. The largest absolute Gasteiger partial charge is 0.497 e. The summed E-state index contributed by atoms with van der Waals surface area (Å²) in [5.74, 6) is 2.85. The van der Waals surface area contributed by atoms with E-state index >= 15 is 0 Å². The normalized spacial score (nSPS) is 11.8. The summed E-state index contributed by atoms with van der Waals surface area (Å²) in [6.07, 6.45) is 0. The fourth-order valence-corrected chi connectivity index (χ4v) is 3.93. The van der Waals surface area contributed by atoms with Crippen molar-refractivity contribution in [3.8, 4) is 34.3 Å². The SMILES string of the molecule is COc1ccc(OC)c(-c2cc(CN(Cc3ccccc3)C(=O)c3ccc4c(c3)OCO4)no2)c1. The Labute approximate surface area is 202 Å². The Bertz CT molecular complexity index is 1330. The molecule has 1 aromatic heterocycles. The monoisotopic (exact) mass is 472 g/mol. The van der Waals surface area contributed by atoms with Gasteiger partial charge in [-0.2, -0.15) is 0 Å². The Balaban J connectivity index is 1.43. The van der Waals surface area contributed by atoms with E-state index in [1.165, 1.54) is 0 Å². The van der Waals surface area contributed by atoms with Gasteiger partial charge in [0, 0.05) is 18.2 Å². The molecular weight excluding hydrogens is 448 g/mol. The van der Waals surface area contributed by atoms with Crippen molar-refractivity contribution in [1.82, 2.24) is 10.1 Å². The van der Waals surface area contributed by atoms with Crippen molar-refractivity contribution in [2.75, 3.05) is 21.0 Å². The molecule has 3 aromatic carbocycles. The molecule has 0 saturated heterocycles. The van der Waals surface area contributed by atoms with Gasteiger partial charge < -0.3 is 28.4 Å². The maximum atomic E-state index is 13.5. The number of amides is 1. The number of carbonyl (C=O) groups is 1. The van der Waals surface area contributed by atoms with Crippen molar-refractivity contribution in [1.29, 1.82) is 0 Å².